The van der Waals surface area contributed by atoms with Crippen LogP contribution in [0.25, 0.3) is 5.57 Å². The van der Waals surface area contributed by atoms with Gasteiger partial charge in [0.2, 0.25) is 0 Å². The third-order valence-corrected chi connectivity index (χ3v) is 13.3. The van der Waals surface area contributed by atoms with Crippen molar-refractivity contribution in [2.45, 2.75) is 111 Å². The Balaban J connectivity index is 1.33. The molecule has 48 heavy (non-hydrogen) atoms. The molecule has 2 aromatic carbocycles. The van der Waals surface area contributed by atoms with E-state index in [9.17, 15) is 14.4 Å². The highest BCUT2D eigenvalue weighted by Gasteiger charge is 2.67. The van der Waals surface area contributed by atoms with Gasteiger partial charge in [-0.3, -0.25) is 14.4 Å². The van der Waals surface area contributed by atoms with Crippen molar-refractivity contribution in [1.29, 1.82) is 0 Å². The van der Waals surface area contributed by atoms with Gasteiger partial charge in [-0.05, 0) is 103 Å². The monoisotopic (exact) mass is 654 g/mol. The molecule has 4 fully saturated rings. The summed E-state index contributed by atoms with van der Waals surface area (Å²) in [4.78, 5) is 37.2. The number of carbonyl (C=O) groups is 3. The van der Waals surface area contributed by atoms with Crippen LogP contribution in [0.3, 0.4) is 0 Å². The zero-order valence-electron chi connectivity index (χ0n) is 29.7. The number of carbonyl (C=O) groups excluding carboxylic acids is 3. The van der Waals surface area contributed by atoms with Gasteiger partial charge in [-0.1, -0.05) is 87.5 Å². The molecule has 2 aromatic rings. The molecule has 0 N–H and O–H groups in total. The molecule has 0 amide bonds. The summed E-state index contributed by atoms with van der Waals surface area (Å²) in [7, 11) is 0. The van der Waals surface area contributed by atoms with Crippen LogP contribution in [0, 0.1) is 46.3 Å². The third-order valence-electron chi connectivity index (χ3n) is 13.3. The van der Waals surface area contributed by atoms with Crippen LogP contribution < -0.4 is 0 Å². The molecule has 6 nitrogen and oxygen atoms in total. The second-order valence-electron chi connectivity index (χ2n) is 15.8. The molecule has 258 valence electrons. The fourth-order valence-electron chi connectivity index (χ4n) is 11.2. The Morgan fingerprint density at radius 1 is 0.771 bits per heavy atom. The average molecular weight is 655 g/mol. The Labute approximate surface area is 287 Å². The van der Waals surface area contributed by atoms with Crippen LogP contribution >= 0.6 is 0 Å². The Morgan fingerprint density at radius 2 is 1.38 bits per heavy atom. The number of esters is 3. The fourth-order valence-corrected chi connectivity index (χ4v) is 11.2. The van der Waals surface area contributed by atoms with E-state index in [0.717, 1.165) is 51.4 Å². The summed E-state index contributed by atoms with van der Waals surface area (Å²) in [5, 5.41) is 0. The van der Waals surface area contributed by atoms with E-state index in [2.05, 4.69) is 87.5 Å². The van der Waals surface area contributed by atoms with Gasteiger partial charge < -0.3 is 14.2 Å². The molecule has 0 bridgehead atoms. The van der Waals surface area contributed by atoms with Crippen LogP contribution in [-0.4, -0.2) is 36.2 Å². The van der Waals surface area contributed by atoms with E-state index in [4.69, 9.17) is 14.2 Å². The SMILES string of the molecule is CC(=O)O[C@@H]1CCC2(C)C(C1)C[C@@H](OC(C)=O)C1C2C[C@H](OC(C)=O)C2(C)C(C(C)CC=C(c3ccccc3)c3ccccc3)CCC12. The van der Waals surface area contributed by atoms with Crippen molar-refractivity contribution in [3.63, 3.8) is 0 Å². The highest BCUT2D eigenvalue weighted by molar-refractivity contribution is 5.79. The van der Waals surface area contributed by atoms with E-state index in [1.807, 2.05) is 0 Å². The maximum absolute atomic E-state index is 12.8. The lowest BCUT2D eigenvalue weighted by molar-refractivity contribution is -0.224. The summed E-state index contributed by atoms with van der Waals surface area (Å²) in [5.41, 5.74) is 3.42. The minimum absolute atomic E-state index is 0.00952. The van der Waals surface area contributed by atoms with Gasteiger partial charge in [0, 0.05) is 32.1 Å². The molecule has 0 radical (unpaired) electrons. The quantitative estimate of drug-likeness (QED) is 0.209. The lowest BCUT2D eigenvalue weighted by Gasteiger charge is -2.64. The molecule has 4 aliphatic carbocycles. The van der Waals surface area contributed by atoms with Crippen LogP contribution in [-0.2, 0) is 28.6 Å². The van der Waals surface area contributed by atoms with Crippen molar-refractivity contribution in [3.8, 4) is 0 Å². The molecule has 0 spiro atoms. The molecule has 0 saturated heterocycles. The first-order valence-electron chi connectivity index (χ1n) is 18.2. The summed E-state index contributed by atoms with van der Waals surface area (Å²) in [5.74, 6) is 0.994. The van der Waals surface area contributed by atoms with E-state index in [-0.39, 0.29) is 70.7 Å². The third kappa shape index (κ3) is 6.48. The minimum atomic E-state index is -0.240. The zero-order valence-corrected chi connectivity index (χ0v) is 29.7. The first-order valence-corrected chi connectivity index (χ1v) is 18.2. The van der Waals surface area contributed by atoms with Crippen LogP contribution in [0.1, 0.15) is 104 Å². The predicted octanol–water partition coefficient (Wildman–Crippen LogP) is 8.82. The van der Waals surface area contributed by atoms with Crippen molar-refractivity contribution >= 4 is 23.5 Å². The van der Waals surface area contributed by atoms with Gasteiger partial charge in [-0.25, -0.2) is 0 Å². The molecule has 0 aliphatic heterocycles. The van der Waals surface area contributed by atoms with Gasteiger partial charge in [-0.2, -0.15) is 0 Å². The van der Waals surface area contributed by atoms with Crippen LogP contribution in [0.15, 0.2) is 66.7 Å². The molecular formula is C42H54O6. The molecule has 6 rings (SSSR count). The van der Waals surface area contributed by atoms with Crippen LogP contribution in [0.2, 0.25) is 0 Å². The molecule has 8 unspecified atom stereocenters. The normalized spacial score (nSPS) is 36.0. The zero-order chi connectivity index (χ0) is 34.2. The number of hydrogen-bond acceptors (Lipinski definition) is 6. The van der Waals surface area contributed by atoms with E-state index in [1.54, 1.807) is 6.92 Å². The maximum atomic E-state index is 12.8. The summed E-state index contributed by atoms with van der Waals surface area (Å²) in [6.07, 6.45) is 9.06. The van der Waals surface area contributed by atoms with Crippen molar-refractivity contribution in [2.24, 2.45) is 46.3 Å². The predicted molar refractivity (Wildman–Crippen MR) is 186 cm³/mol. The smallest absolute Gasteiger partial charge is 0.302 e. The second-order valence-corrected chi connectivity index (χ2v) is 15.8. The van der Waals surface area contributed by atoms with Crippen LogP contribution in [0.5, 0.6) is 0 Å². The van der Waals surface area contributed by atoms with Gasteiger partial charge in [0.05, 0.1) is 0 Å². The average Bonchev–Trinajstić information content (AvgIpc) is 3.40. The van der Waals surface area contributed by atoms with Crippen LogP contribution in [0.4, 0.5) is 0 Å². The number of ether oxygens (including phenoxy) is 3. The number of benzene rings is 2. The van der Waals surface area contributed by atoms with Gasteiger partial charge in [-0.15, -0.1) is 0 Å². The van der Waals surface area contributed by atoms with Crippen molar-refractivity contribution < 1.29 is 28.6 Å². The van der Waals surface area contributed by atoms with Gasteiger partial charge in [0.1, 0.15) is 18.3 Å². The Bertz CT molecular complexity index is 1460. The first kappa shape index (κ1) is 34.5. The molecule has 6 heteroatoms. The Morgan fingerprint density at radius 3 is 1.96 bits per heavy atom. The van der Waals surface area contributed by atoms with E-state index in [0.29, 0.717) is 11.8 Å². The summed E-state index contributed by atoms with van der Waals surface area (Å²) in [6, 6.07) is 21.2. The minimum Gasteiger partial charge on any atom is -0.463 e. The fraction of sp³-hybridized carbons (Fsp3) is 0.595. The van der Waals surface area contributed by atoms with E-state index < -0.39 is 0 Å². The number of allylic oxidation sites excluding steroid dienone is 1. The van der Waals surface area contributed by atoms with E-state index >= 15 is 0 Å². The number of rotatable bonds is 8. The molecule has 0 aromatic heterocycles. The molecule has 4 saturated carbocycles. The van der Waals surface area contributed by atoms with Gasteiger partial charge in [0.15, 0.2) is 0 Å². The van der Waals surface area contributed by atoms with E-state index in [1.165, 1.54) is 30.5 Å². The number of hydrogen-bond donors (Lipinski definition) is 0. The van der Waals surface area contributed by atoms with Gasteiger partial charge >= 0.3 is 17.9 Å². The Kier molecular flexibility index (Phi) is 9.93. The van der Waals surface area contributed by atoms with Crippen molar-refractivity contribution in [2.75, 3.05) is 0 Å². The standard InChI is InChI=1S/C42H54O6/c1-26(17-18-34(30-13-9-7-10-14-30)31-15-11-8-12-16-31)35-19-20-36-40-37(25-39(42(35,36)6)48-29(4)45)41(5)22-21-33(46-27(2)43)23-32(41)24-38(40)47-28(3)44/h7-16,18,26,32-33,35-40H,17,19-25H2,1-6H3/t26?,32?,33-,35?,36?,37?,38-,39+,40?,41?,42?/m1/s1. The summed E-state index contributed by atoms with van der Waals surface area (Å²) in [6.45, 7) is 11.7. The highest BCUT2D eigenvalue weighted by atomic mass is 16.6. The van der Waals surface area contributed by atoms with Gasteiger partial charge in [0.25, 0.3) is 0 Å². The lowest BCUT2D eigenvalue weighted by Crippen LogP contribution is -2.63. The highest BCUT2D eigenvalue weighted by Crippen LogP contribution is 2.69. The molecule has 11 atom stereocenters. The molecule has 4 aliphatic rings. The van der Waals surface area contributed by atoms with Crippen molar-refractivity contribution in [1.82, 2.24) is 0 Å². The second kappa shape index (κ2) is 13.8. The topological polar surface area (TPSA) is 78.9 Å². The maximum Gasteiger partial charge on any atom is 0.302 e. The molecule has 0 heterocycles. The largest absolute Gasteiger partial charge is 0.463 e. The first-order chi connectivity index (χ1) is 22.9. The lowest BCUT2D eigenvalue weighted by atomic mass is 9.43. The Hall–Kier alpha value is -3.41. The number of fused-ring (bicyclic) bond motifs is 5. The summed E-state index contributed by atoms with van der Waals surface area (Å²) >= 11 is 0. The molecular weight excluding hydrogens is 600 g/mol. The summed E-state index contributed by atoms with van der Waals surface area (Å²) < 4.78 is 18.3. The van der Waals surface area contributed by atoms with Crippen molar-refractivity contribution in [3.05, 3.63) is 77.9 Å².